The van der Waals surface area contributed by atoms with Crippen molar-refractivity contribution in [2.75, 3.05) is 46.8 Å². The number of carbonyl (C=O) groups excluding carboxylic acids is 2. The van der Waals surface area contributed by atoms with Gasteiger partial charge >= 0.3 is 0 Å². The van der Waals surface area contributed by atoms with E-state index in [1.165, 1.54) is 5.56 Å². The van der Waals surface area contributed by atoms with Gasteiger partial charge < -0.3 is 10.2 Å². The van der Waals surface area contributed by atoms with Crippen LogP contribution in [0.1, 0.15) is 31.2 Å². The number of hydrogen-bond donors (Lipinski definition) is 1. The van der Waals surface area contributed by atoms with Gasteiger partial charge in [-0.2, -0.15) is 0 Å². The molecule has 7 heteroatoms. The molecule has 2 aliphatic heterocycles. The van der Waals surface area contributed by atoms with Crippen molar-refractivity contribution in [1.29, 1.82) is 0 Å². The number of likely N-dealkylation sites (tertiary alicyclic amines) is 2. The highest BCUT2D eigenvalue weighted by atomic mass is 16.2. The Bertz CT molecular complexity index is 645. The van der Waals surface area contributed by atoms with Crippen LogP contribution >= 0.6 is 0 Å². The average Bonchev–Trinajstić information content (AvgIpc) is 2.74. The van der Waals surface area contributed by atoms with Crippen molar-refractivity contribution in [3.05, 3.63) is 30.1 Å². The van der Waals surface area contributed by atoms with Crippen molar-refractivity contribution >= 4 is 11.8 Å². The lowest BCUT2D eigenvalue weighted by molar-refractivity contribution is -0.139. The largest absolute Gasteiger partial charge is 0.358 e. The van der Waals surface area contributed by atoms with E-state index in [9.17, 15) is 9.59 Å². The van der Waals surface area contributed by atoms with Crippen molar-refractivity contribution in [3.8, 4) is 0 Å². The normalized spacial score (nSPS) is 22.0. The zero-order valence-corrected chi connectivity index (χ0v) is 17.1. The molecular formula is C21H33N5O2. The lowest BCUT2D eigenvalue weighted by Crippen LogP contribution is -2.51. The van der Waals surface area contributed by atoms with Crippen LogP contribution in [-0.2, 0) is 16.1 Å². The third-order valence-electron chi connectivity index (χ3n) is 6.04. The Hall–Kier alpha value is -1.99. The molecule has 0 aromatic carbocycles. The fourth-order valence-corrected chi connectivity index (χ4v) is 4.42. The Balaban J connectivity index is 1.47. The first-order valence-electron chi connectivity index (χ1n) is 10.4. The van der Waals surface area contributed by atoms with Gasteiger partial charge in [-0.05, 0) is 56.9 Å². The molecule has 2 fully saturated rings. The monoisotopic (exact) mass is 387 g/mol. The van der Waals surface area contributed by atoms with Crippen LogP contribution in [0.5, 0.6) is 0 Å². The molecule has 1 N–H and O–H groups in total. The van der Waals surface area contributed by atoms with E-state index in [2.05, 4.69) is 26.2 Å². The molecule has 0 radical (unpaired) electrons. The number of rotatable bonds is 6. The first kappa shape index (κ1) is 20.7. The molecule has 2 amide bonds. The van der Waals surface area contributed by atoms with E-state index in [0.29, 0.717) is 6.04 Å². The van der Waals surface area contributed by atoms with Gasteiger partial charge in [0.25, 0.3) is 0 Å². The number of carbonyl (C=O) groups is 2. The van der Waals surface area contributed by atoms with Crippen LogP contribution in [0.2, 0.25) is 0 Å². The van der Waals surface area contributed by atoms with Gasteiger partial charge in [0.15, 0.2) is 0 Å². The van der Waals surface area contributed by atoms with E-state index in [4.69, 9.17) is 0 Å². The number of piperidine rings is 2. The molecule has 1 atom stereocenters. The first-order valence-corrected chi connectivity index (χ1v) is 10.4. The third kappa shape index (κ3) is 5.52. The van der Waals surface area contributed by atoms with E-state index < -0.39 is 0 Å². The minimum atomic E-state index is -0.121. The average molecular weight is 388 g/mol. The van der Waals surface area contributed by atoms with Crippen LogP contribution in [0, 0.1) is 5.92 Å². The summed E-state index contributed by atoms with van der Waals surface area (Å²) in [7, 11) is 3.33. The fourth-order valence-electron chi connectivity index (χ4n) is 4.42. The van der Waals surface area contributed by atoms with Gasteiger partial charge in [0.1, 0.15) is 0 Å². The fraction of sp³-hybridized carbons (Fsp3) is 0.667. The summed E-state index contributed by atoms with van der Waals surface area (Å²) in [5.41, 5.74) is 1.27. The summed E-state index contributed by atoms with van der Waals surface area (Å²) in [4.78, 5) is 35.1. The van der Waals surface area contributed by atoms with Crippen molar-refractivity contribution in [2.45, 2.75) is 38.3 Å². The summed E-state index contributed by atoms with van der Waals surface area (Å²) in [6.45, 7) is 5.18. The maximum atomic E-state index is 12.7. The van der Waals surface area contributed by atoms with Crippen LogP contribution in [0.4, 0.5) is 0 Å². The summed E-state index contributed by atoms with van der Waals surface area (Å²) >= 11 is 0. The Labute approximate surface area is 168 Å². The summed E-state index contributed by atoms with van der Waals surface area (Å²) in [5, 5.41) is 2.58. The Morgan fingerprint density at radius 1 is 1.25 bits per heavy atom. The van der Waals surface area contributed by atoms with E-state index in [1.54, 1.807) is 19.0 Å². The Kier molecular flexibility index (Phi) is 7.39. The maximum Gasteiger partial charge on any atom is 0.239 e. The van der Waals surface area contributed by atoms with Crippen LogP contribution in [0.25, 0.3) is 0 Å². The Morgan fingerprint density at radius 2 is 2.04 bits per heavy atom. The maximum absolute atomic E-state index is 12.7. The number of pyridine rings is 1. The van der Waals surface area contributed by atoms with Gasteiger partial charge in [0.2, 0.25) is 11.8 Å². The summed E-state index contributed by atoms with van der Waals surface area (Å²) in [6, 6.07) is 4.69. The van der Waals surface area contributed by atoms with Gasteiger partial charge in [-0.15, -0.1) is 0 Å². The molecule has 0 saturated carbocycles. The zero-order chi connectivity index (χ0) is 19.9. The smallest absolute Gasteiger partial charge is 0.239 e. The van der Waals surface area contributed by atoms with Crippen molar-refractivity contribution in [2.24, 2.45) is 5.92 Å². The quantitative estimate of drug-likeness (QED) is 0.788. The topological polar surface area (TPSA) is 68.8 Å². The molecule has 0 aliphatic carbocycles. The van der Waals surface area contributed by atoms with Crippen LogP contribution in [0.15, 0.2) is 24.5 Å². The van der Waals surface area contributed by atoms with Crippen molar-refractivity contribution in [1.82, 2.24) is 25.0 Å². The highest BCUT2D eigenvalue weighted by Gasteiger charge is 2.33. The summed E-state index contributed by atoms with van der Waals surface area (Å²) < 4.78 is 0. The molecule has 7 nitrogen and oxygen atoms in total. The molecule has 1 aromatic heterocycles. The van der Waals surface area contributed by atoms with Crippen LogP contribution in [0.3, 0.4) is 0 Å². The highest BCUT2D eigenvalue weighted by molar-refractivity contribution is 5.85. The van der Waals surface area contributed by atoms with E-state index in [-0.39, 0.29) is 24.3 Å². The zero-order valence-electron chi connectivity index (χ0n) is 17.1. The van der Waals surface area contributed by atoms with Gasteiger partial charge in [0.05, 0.1) is 12.5 Å². The number of aromatic nitrogens is 1. The Morgan fingerprint density at radius 3 is 2.71 bits per heavy atom. The standard InChI is InChI=1S/C21H33N5O2/c1-22-20(27)16-24(2)21(28)18-6-4-10-26(15-18)19-7-11-25(12-8-19)14-17-5-3-9-23-13-17/h3,5,9,13,18-19H,4,6-8,10-12,14-16H2,1-2H3,(H,22,27)/t18-/m0/s1. The molecular weight excluding hydrogens is 354 g/mol. The minimum absolute atomic E-state index is 0.0110. The second-order valence-corrected chi connectivity index (χ2v) is 8.07. The second kappa shape index (κ2) is 9.98. The van der Waals surface area contributed by atoms with Crippen molar-refractivity contribution in [3.63, 3.8) is 0 Å². The van der Waals surface area contributed by atoms with Crippen LogP contribution < -0.4 is 5.32 Å². The predicted octanol–water partition coefficient (Wildman–Crippen LogP) is 0.962. The van der Waals surface area contributed by atoms with Gasteiger partial charge in [-0.3, -0.25) is 24.4 Å². The number of hydrogen-bond acceptors (Lipinski definition) is 5. The molecule has 2 saturated heterocycles. The van der Waals surface area contributed by atoms with E-state index in [1.807, 2.05) is 18.5 Å². The van der Waals surface area contributed by atoms with Gasteiger partial charge in [-0.1, -0.05) is 6.07 Å². The van der Waals surface area contributed by atoms with E-state index >= 15 is 0 Å². The van der Waals surface area contributed by atoms with Crippen molar-refractivity contribution < 1.29 is 9.59 Å². The molecule has 0 bridgehead atoms. The predicted molar refractivity (Wildman–Crippen MR) is 109 cm³/mol. The molecule has 3 heterocycles. The first-order chi connectivity index (χ1) is 13.6. The molecule has 0 unspecified atom stereocenters. The number of nitrogens with zero attached hydrogens (tertiary/aromatic N) is 4. The lowest BCUT2D eigenvalue weighted by atomic mass is 9.93. The third-order valence-corrected chi connectivity index (χ3v) is 6.04. The minimum Gasteiger partial charge on any atom is -0.358 e. The second-order valence-electron chi connectivity index (χ2n) is 8.07. The molecule has 154 valence electrons. The molecule has 2 aliphatic rings. The summed E-state index contributed by atoms with van der Waals surface area (Å²) in [6.07, 6.45) is 8.04. The molecule has 0 spiro atoms. The SMILES string of the molecule is CNC(=O)CN(C)C(=O)[C@H]1CCCN(C2CCN(Cc3cccnc3)CC2)C1. The number of amides is 2. The molecule has 28 heavy (non-hydrogen) atoms. The highest BCUT2D eigenvalue weighted by Crippen LogP contribution is 2.25. The number of likely N-dealkylation sites (N-methyl/N-ethyl adjacent to an activating group) is 2. The van der Waals surface area contributed by atoms with E-state index in [0.717, 1.165) is 58.4 Å². The van der Waals surface area contributed by atoms with Gasteiger partial charge in [-0.25, -0.2) is 0 Å². The van der Waals surface area contributed by atoms with Crippen LogP contribution in [-0.4, -0.2) is 84.4 Å². The summed E-state index contributed by atoms with van der Waals surface area (Å²) in [5.74, 6) is -0.0105. The van der Waals surface area contributed by atoms with Gasteiger partial charge in [0, 0.05) is 45.6 Å². The lowest BCUT2D eigenvalue weighted by Gasteiger charge is -2.42. The molecule has 1 aromatic rings. The number of nitrogens with one attached hydrogen (secondary N) is 1. The molecule has 3 rings (SSSR count).